The first-order chi connectivity index (χ1) is 13.9. The van der Waals surface area contributed by atoms with Crippen LogP contribution in [0.1, 0.15) is 32.6 Å². The zero-order valence-corrected chi connectivity index (χ0v) is 17.2. The Balaban J connectivity index is 1.83. The Morgan fingerprint density at radius 3 is 2.21 bits per heavy atom. The molecule has 3 heteroatoms. The summed E-state index contributed by atoms with van der Waals surface area (Å²) in [6, 6.07) is 22.0. The highest BCUT2D eigenvalue weighted by Crippen LogP contribution is 2.27. The second kappa shape index (κ2) is 7.51. The monoisotopic (exact) mass is 380 g/mol. The zero-order valence-electron chi connectivity index (χ0n) is 17.2. The van der Waals surface area contributed by atoms with Gasteiger partial charge in [-0.25, -0.2) is 4.98 Å². The van der Waals surface area contributed by atoms with Gasteiger partial charge in [-0.15, -0.1) is 0 Å². The number of nitrogens with zero attached hydrogens (tertiary/aromatic N) is 1. The first kappa shape index (κ1) is 18.9. The Labute approximate surface area is 171 Å². The summed E-state index contributed by atoms with van der Waals surface area (Å²) in [7, 11) is 0. The quantitative estimate of drug-likeness (QED) is 0.447. The van der Waals surface area contributed by atoms with Crippen molar-refractivity contribution in [2.24, 2.45) is 0 Å². The molecule has 0 spiro atoms. The fourth-order valence-corrected chi connectivity index (χ4v) is 3.41. The molecule has 0 aliphatic carbocycles. The number of nitrogens with one attached hydrogen (secondary N) is 1. The Bertz CT molecular complexity index is 1220. The highest BCUT2D eigenvalue weighted by molar-refractivity contribution is 6.13. The van der Waals surface area contributed by atoms with E-state index in [9.17, 15) is 4.79 Å². The molecule has 0 aliphatic heterocycles. The number of aromatic nitrogens is 1. The van der Waals surface area contributed by atoms with E-state index in [0.717, 1.165) is 39.0 Å². The molecule has 29 heavy (non-hydrogen) atoms. The normalized spacial score (nSPS) is 10.9. The Kier molecular flexibility index (Phi) is 4.89. The van der Waals surface area contributed by atoms with Gasteiger partial charge in [0, 0.05) is 16.6 Å². The SMILES string of the molecule is Cc1ccc(NC(=O)c2cc(-c3ccc(C)c(C)c3)nc3ccc(C)cc23)cc1. The summed E-state index contributed by atoms with van der Waals surface area (Å²) in [6.07, 6.45) is 0. The Hall–Kier alpha value is -3.46. The van der Waals surface area contributed by atoms with E-state index in [1.165, 1.54) is 11.1 Å². The second-order valence-corrected chi connectivity index (χ2v) is 7.69. The summed E-state index contributed by atoms with van der Waals surface area (Å²) in [4.78, 5) is 18.0. The van der Waals surface area contributed by atoms with Gasteiger partial charge in [0.1, 0.15) is 0 Å². The lowest BCUT2D eigenvalue weighted by atomic mass is 9.99. The van der Waals surface area contributed by atoms with Crippen LogP contribution in [0.4, 0.5) is 5.69 Å². The van der Waals surface area contributed by atoms with Crippen LogP contribution in [0.25, 0.3) is 22.2 Å². The van der Waals surface area contributed by atoms with E-state index in [-0.39, 0.29) is 5.91 Å². The van der Waals surface area contributed by atoms with Gasteiger partial charge in [-0.3, -0.25) is 4.79 Å². The third-order valence-corrected chi connectivity index (χ3v) is 5.32. The molecule has 0 unspecified atom stereocenters. The van der Waals surface area contributed by atoms with Gasteiger partial charge in [0.2, 0.25) is 0 Å². The topological polar surface area (TPSA) is 42.0 Å². The van der Waals surface area contributed by atoms with E-state index in [1.807, 2.05) is 62.4 Å². The maximum absolute atomic E-state index is 13.2. The van der Waals surface area contributed by atoms with Crippen LogP contribution in [0.3, 0.4) is 0 Å². The molecule has 3 aromatic carbocycles. The minimum absolute atomic E-state index is 0.128. The molecule has 0 fully saturated rings. The summed E-state index contributed by atoms with van der Waals surface area (Å²) >= 11 is 0. The third kappa shape index (κ3) is 3.90. The smallest absolute Gasteiger partial charge is 0.256 e. The summed E-state index contributed by atoms with van der Waals surface area (Å²) in [5.41, 5.74) is 8.76. The largest absolute Gasteiger partial charge is 0.322 e. The van der Waals surface area contributed by atoms with Crippen molar-refractivity contribution in [3.8, 4) is 11.3 Å². The lowest BCUT2D eigenvalue weighted by Gasteiger charge is -2.12. The van der Waals surface area contributed by atoms with Crippen molar-refractivity contribution in [2.75, 3.05) is 5.32 Å². The molecule has 0 atom stereocenters. The fourth-order valence-electron chi connectivity index (χ4n) is 3.41. The minimum Gasteiger partial charge on any atom is -0.322 e. The first-order valence-corrected chi connectivity index (χ1v) is 9.78. The number of amides is 1. The number of aryl methyl sites for hydroxylation is 4. The van der Waals surface area contributed by atoms with Crippen molar-refractivity contribution in [3.63, 3.8) is 0 Å². The number of carbonyl (C=O) groups excluding carboxylic acids is 1. The highest BCUT2D eigenvalue weighted by Gasteiger charge is 2.15. The molecule has 3 nitrogen and oxygen atoms in total. The van der Waals surface area contributed by atoms with E-state index in [4.69, 9.17) is 4.98 Å². The van der Waals surface area contributed by atoms with Crippen LogP contribution in [-0.2, 0) is 0 Å². The van der Waals surface area contributed by atoms with Crippen LogP contribution in [0, 0.1) is 27.7 Å². The molecule has 1 heterocycles. The maximum atomic E-state index is 13.2. The number of anilines is 1. The number of carbonyl (C=O) groups is 1. The number of pyridine rings is 1. The maximum Gasteiger partial charge on any atom is 0.256 e. The average Bonchev–Trinajstić information content (AvgIpc) is 2.71. The number of fused-ring (bicyclic) bond motifs is 1. The number of rotatable bonds is 3. The van der Waals surface area contributed by atoms with Crippen molar-refractivity contribution in [1.29, 1.82) is 0 Å². The van der Waals surface area contributed by atoms with Crippen LogP contribution in [-0.4, -0.2) is 10.9 Å². The first-order valence-electron chi connectivity index (χ1n) is 9.78. The number of hydrogen-bond acceptors (Lipinski definition) is 2. The average molecular weight is 380 g/mol. The molecule has 0 radical (unpaired) electrons. The molecule has 144 valence electrons. The van der Waals surface area contributed by atoms with E-state index >= 15 is 0 Å². The molecule has 4 rings (SSSR count). The van der Waals surface area contributed by atoms with Crippen molar-refractivity contribution in [2.45, 2.75) is 27.7 Å². The molecule has 0 bridgehead atoms. The van der Waals surface area contributed by atoms with Crippen LogP contribution in [0.2, 0.25) is 0 Å². The molecule has 0 saturated carbocycles. The number of hydrogen-bond donors (Lipinski definition) is 1. The standard InChI is InChI=1S/C26H24N2O/c1-16-5-10-21(11-6-16)27-26(29)23-15-25(20-9-8-18(3)19(4)14-20)28-24-12-7-17(2)13-22(23)24/h5-15H,1-4H3,(H,27,29). The van der Waals surface area contributed by atoms with Gasteiger partial charge in [-0.1, -0.05) is 41.5 Å². The highest BCUT2D eigenvalue weighted by atomic mass is 16.1. The Morgan fingerprint density at radius 1 is 0.759 bits per heavy atom. The molecular weight excluding hydrogens is 356 g/mol. The van der Waals surface area contributed by atoms with Gasteiger partial charge in [-0.2, -0.15) is 0 Å². The van der Waals surface area contributed by atoms with E-state index in [1.54, 1.807) is 0 Å². The predicted octanol–water partition coefficient (Wildman–Crippen LogP) is 6.39. The van der Waals surface area contributed by atoms with Gasteiger partial charge in [-0.05, 0) is 75.2 Å². The third-order valence-electron chi connectivity index (χ3n) is 5.32. The molecule has 4 aromatic rings. The fraction of sp³-hybridized carbons (Fsp3) is 0.154. The molecule has 1 aromatic heterocycles. The van der Waals surface area contributed by atoms with Gasteiger partial charge < -0.3 is 5.32 Å². The van der Waals surface area contributed by atoms with Gasteiger partial charge >= 0.3 is 0 Å². The molecule has 1 amide bonds. The molecular formula is C26H24N2O. The lowest BCUT2D eigenvalue weighted by molar-refractivity contribution is 0.102. The molecule has 0 saturated heterocycles. The summed E-state index contributed by atoms with van der Waals surface area (Å²) < 4.78 is 0. The van der Waals surface area contributed by atoms with E-state index < -0.39 is 0 Å². The summed E-state index contributed by atoms with van der Waals surface area (Å²) in [5.74, 6) is -0.128. The molecule has 1 N–H and O–H groups in total. The van der Waals surface area contributed by atoms with Crippen molar-refractivity contribution >= 4 is 22.5 Å². The minimum atomic E-state index is -0.128. The summed E-state index contributed by atoms with van der Waals surface area (Å²) in [5, 5.41) is 3.89. The molecule has 0 aliphatic rings. The zero-order chi connectivity index (χ0) is 20.5. The summed E-state index contributed by atoms with van der Waals surface area (Å²) in [6.45, 7) is 8.24. The van der Waals surface area contributed by atoms with Crippen LogP contribution < -0.4 is 5.32 Å². The van der Waals surface area contributed by atoms with Crippen molar-refractivity contribution < 1.29 is 4.79 Å². The number of benzene rings is 3. The predicted molar refractivity (Wildman–Crippen MR) is 121 cm³/mol. The second-order valence-electron chi connectivity index (χ2n) is 7.69. The van der Waals surface area contributed by atoms with Crippen molar-refractivity contribution in [1.82, 2.24) is 4.98 Å². The lowest BCUT2D eigenvalue weighted by Crippen LogP contribution is -2.13. The van der Waals surface area contributed by atoms with Crippen molar-refractivity contribution in [3.05, 3.63) is 94.5 Å². The van der Waals surface area contributed by atoms with Crippen LogP contribution >= 0.6 is 0 Å². The van der Waals surface area contributed by atoms with E-state index in [2.05, 4.69) is 37.4 Å². The van der Waals surface area contributed by atoms with Crippen LogP contribution in [0.5, 0.6) is 0 Å². The van der Waals surface area contributed by atoms with E-state index in [0.29, 0.717) is 5.56 Å². The van der Waals surface area contributed by atoms with Gasteiger partial charge in [0.05, 0.1) is 16.8 Å². The van der Waals surface area contributed by atoms with Crippen LogP contribution in [0.15, 0.2) is 66.7 Å². The van der Waals surface area contributed by atoms with Gasteiger partial charge in [0.25, 0.3) is 5.91 Å². The van der Waals surface area contributed by atoms with Gasteiger partial charge in [0.15, 0.2) is 0 Å². The Morgan fingerprint density at radius 2 is 1.48 bits per heavy atom.